The second kappa shape index (κ2) is 7.17. The van der Waals surface area contributed by atoms with Gasteiger partial charge in [-0.05, 0) is 60.0 Å². The third-order valence-electron chi connectivity index (χ3n) is 3.33. The molecular weight excluding hydrogens is 208 g/mol. The van der Waals surface area contributed by atoms with Gasteiger partial charge in [0.05, 0.1) is 0 Å². The first-order chi connectivity index (χ1) is 7.97. The summed E-state index contributed by atoms with van der Waals surface area (Å²) in [6.07, 6.45) is 7.65. The average Bonchev–Trinajstić information content (AvgIpc) is 2.24. The lowest BCUT2D eigenvalue weighted by molar-refractivity contribution is 0.285. The minimum atomic E-state index is 0.273. The van der Waals surface area contributed by atoms with Crippen LogP contribution >= 0.6 is 0 Å². The van der Waals surface area contributed by atoms with Crippen LogP contribution < -0.4 is 5.32 Å². The minimum Gasteiger partial charge on any atom is -0.312 e. The van der Waals surface area contributed by atoms with E-state index in [-0.39, 0.29) is 5.54 Å². The predicted octanol–water partition coefficient (Wildman–Crippen LogP) is 3.20. The SMILES string of the molecule is CC1=CCN(CCCCCNC(C)(C)C)CC1. The van der Waals surface area contributed by atoms with E-state index in [1.165, 1.54) is 45.3 Å². The van der Waals surface area contributed by atoms with E-state index in [2.05, 4.69) is 44.0 Å². The number of hydrogen-bond acceptors (Lipinski definition) is 2. The standard InChI is InChI=1S/C15H30N2/c1-14-8-12-17(13-9-14)11-7-5-6-10-16-15(2,3)4/h8,16H,5-7,9-13H2,1-4H3. The van der Waals surface area contributed by atoms with Gasteiger partial charge in [0.2, 0.25) is 0 Å². The lowest BCUT2D eigenvalue weighted by Gasteiger charge is -2.25. The molecule has 0 fully saturated rings. The summed E-state index contributed by atoms with van der Waals surface area (Å²) in [4.78, 5) is 2.57. The van der Waals surface area contributed by atoms with Gasteiger partial charge >= 0.3 is 0 Å². The molecule has 17 heavy (non-hydrogen) atoms. The van der Waals surface area contributed by atoms with Gasteiger partial charge in [-0.25, -0.2) is 0 Å². The predicted molar refractivity (Wildman–Crippen MR) is 76.4 cm³/mol. The molecular formula is C15H30N2. The Morgan fingerprint density at radius 3 is 2.59 bits per heavy atom. The highest BCUT2D eigenvalue weighted by atomic mass is 15.1. The van der Waals surface area contributed by atoms with Crippen LogP contribution in [0.1, 0.15) is 53.4 Å². The fourth-order valence-corrected chi connectivity index (χ4v) is 2.12. The van der Waals surface area contributed by atoms with Gasteiger partial charge in [-0.1, -0.05) is 18.1 Å². The summed E-state index contributed by atoms with van der Waals surface area (Å²) >= 11 is 0. The molecule has 0 saturated carbocycles. The summed E-state index contributed by atoms with van der Waals surface area (Å²) in [6.45, 7) is 13.8. The summed E-state index contributed by atoms with van der Waals surface area (Å²) in [7, 11) is 0. The van der Waals surface area contributed by atoms with Gasteiger partial charge in [-0.15, -0.1) is 0 Å². The first kappa shape index (κ1) is 14.7. The first-order valence-electron chi connectivity index (χ1n) is 7.10. The van der Waals surface area contributed by atoms with Crippen molar-refractivity contribution in [2.45, 2.75) is 58.9 Å². The zero-order valence-electron chi connectivity index (χ0n) is 12.2. The van der Waals surface area contributed by atoms with Crippen molar-refractivity contribution in [3.63, 3.8) is 0 Å². The van der Waals surface area contributed by atoms with E-state index in [1.807, 2.05) is 0 Å². The largest absolute Gasteiger partial charge is 0.312 e. The zero-order valence-corrected chi connectivity index (χ0v) is 12.2. The van der Waals surface area contributed by atoms with Gasteiger partial charge in [-0.3, -0.25) is 4.90 Å². The van der Waals surface area contributed by atoms with Gasteiger partial charge < -0.3 is 5.32 Å². The number of rotatable bonds is 6. The highest BCUT2D eigenvalue weighted by Gasteiger charge is 2.09. The van der Waals surface area contributed by atoms with Crippen molar-refractivity contribution in [2.75, 3.05) is 26.2 Å². The molecule has 1 aliphatic rings. The Labute approximate surface area is 107 Å². The monoisotopic (exact) mass is 238 g/mol. The maximum atomic E-state index is 3.54. The third-order valence-corrected chi connectivity index (χ3v) is 3.33. The van der Waals surface area contributed by atoms with Crippen LogP contribution in [0.5, 0.6) is 0 Å². The van der Waals surface area contributed by atoms with Crippen LogP contribution in [0.2, 0.25) is 0 Å². The van der Waals surface area contributed by atoms with Crippen molar-refractivity contribution >= 4 is 0 Å². The van der Waals surface area contributed by atoms with Crippen molar-refractivity contribution in [3.8, 4) is 0 Å². The Balaban J connectivity index is 1.95. The average molecular weight is 238 g/mol. The highest BCUT2D eigenvalue weighted by molar-refractivity contribution is 5.03. The molecule has 100 valence electrons. The van der Waals surface area contributed by atoms with Crippen molar-refractivity contribution in [3.05, 3.63) is 11.6 Å². The molecule has 1 rings (SSSR count). The molecule has 0 aromatic carbocycles. The molecule has 0 aromatic heterocycles. The quantitative estimate of drug-likeness (QED) is 0.565. The van der Waals surface area contributed by atoms with E-state index >= 15 is 0 Å². The van der Waals surface area contributed by atoms with E-state index in [0.29, 0.717) is 0 Å². The maximum Gasteiger partial charge on any atom is 0.0165 e. The second-order valence-corrected chi connectivity index (χ2v) is 6.34. The molecule has 1 N–H and O–H groups in total. The normalized spacial score (nSPS) is 18.2. The van der Waals surface area contributed by atoms with Crippen LogP contribution in [0.15, 0.2) is 11.6 Å². The van der Waals surface area contributed by atoms with E-state index in [9.17, 15) is 0 Å². The third kappa shape index (κ3) is 7.56. The van der Waals surface area contributed by atoms with E-state index in [1.54, 1.807) is 5.57 Å². The molecule has 0 aliphatic carbocycles. The van der Waals surface area contributed by atoms with Gasteiger partial charge in [0.25, 0.3) is 0 Å². The minimum absolute atomic E-state index is 0.273. The van der Waals surface area contributed by atoms with Crippen LogP contribution in [0.25, 0.3) is 0 Å². The van der Waals surface area contributed by atoms with Crippen LogP contribution in [-0.2, 0) is 0 Å². The topological polar surface area (TPSA) is 15.3 Å². The summed E-state index contributed by atoms with van der Waals surface area (Å²) in [5.41, 5.74) is 1.84. The highest BCUT2D eigenvalue weighted by Crippen LogP contribution is 2.10. The number of nitrogens with zero attached hydrogens (tertiary/aromatic N) is 1. The van der Waals surface area contributed by atoms with Crippen molar-refractivity contribution in [1.29, 1.82) is 0 Å². The Bertz CT molecular complexity index is 238. The first-order valence-corrected chi connectivity index (χ1v) is 7.10. The number of nitrogens with one attached hydrogen (secondary N) is 1. The molecule has 0 atom stereocenters. The second-order valence-electron chi connectivity index (χ2n) is 6.34. The molecule has 1 heterocycles. The van der Waals surface area contributed by atoms with Gasteiger partial charge in [0.15, 0.2) is 0 Å². The molecule has 0 saturated heterocycles. The van der Waals surface area contributed by atoms with E-state index in [4.69, 9.17) is 0 Å². The smallest absolute Gasteiger partial charge is 0.0165 e. The molecule has 1 aliphatic heterocycles. The van der Waals surface area contributed by atoms with E-state index in [0.717, 1.165) is 6.54 Å². The molecule has 2 nitrogen and oxygen atoms in total. The van der Waals surface area contributed by atoms with Gasteiger partial charge in [-0.2, -0.15) is 0 Å². The molecule has 0 aromatic rings. The van der Waals surface area contributed by atoms with Crippen molar-refractivity contribution < 1.29 is 0 Å². The fourth-order valence-electron chi connectivity index (χ4n) is 2.12. The van der Waals surface area contributed by atoms with Crippen LogP contribution in [0.3, 0.4) is 0 Å². The molecule has 0 amide bonds. The fraction of sp³-hybridized carbons (Fsp3) is 0.867. The lowest BCUT2D eigenvalue weighted by atomic mass is 10.1. The molecule has 0 radical (unpaired) electrons. The maximum absolute atomic E-state index is 3.54. The van der Waals surface area contributed by atoms with Crippen LogP contribution in [0.4, 0.5) is 0 Å². The van der Waals surface area contributed by atoms with Crippen LogP contribution in [-0.4, -0.2) is 36.6 Å². The Morgan fingerprint density at radius 2 is 2.00 bits per heavy atom. The van der Waals surface area contributed by atoms with Crippen molar-refractivity contribution in [1.82, 2.24) is 10.2 Å². The summed E-state index contributed by atoms with van der Waals surface area (Å²) < 4.78 is 0. The Morgan fingerprint density at radius 1 is 1.24 bits per heavy atom. The van der Waals surface area contributed by atoms with Crippen molar-refractivity contribution in [2.24, 2.45) is 0 Å². The molecule has 2 heteroatoms. The Hall–Kier alpha value is -0.340. The number of unbranched alkanes of at least 4 members (excludes halogenated alkanes) is 2. The summed E-state index contributed by atoms with van der Waals surface area (Å²) in [5.74, 6) is 0. The van der Waals surface area contributed by atoms with E-state index < -0.39 is 0 Å². The Kier molecular flexibility index (Phi) is 6.21. The number of hydrogen-bond donors (Lipinski definition) is 1. The van der Waals surface area contributed by atoms with Crippen LogP contribution in [0, 0.1) is 0 Å². The molecule has 0 bridgehead atoms. The molecule has 0 spiro atoms. The summed E-state index contributed by atoms with van der Waals surface area (Å²) in [5, 5.41) is 3.54. The molecule has 0 unspecified atom stereocenters. The zero-order chi connectivity index (χ0) is 12.7. The van der Waals surface area contributed by atoms with Gasteiger partial charge in [0.1, 0.15) is 0 Å². The summed E-state index contributed by atoms with van der Waals surface area (Å²) in [6, 6.07) is 0. The lowest BCUT2D eigenvalue weighted by Crippen LogP contribution is -2.36. The van der Waals surface area contributed by atoms with Gasteiger partial charge in [0, 0.05) is 18.6 Å².